The standard InChI is InChI=1S/C16H30O6/c1-16(2)21-11-14(22-16)13(10-18)12(9-17)6-8-20-15-5-3-4-7-19-15/h12-15,17-18H,3-11H2,1-2H3. The van der Waals surface area contributed by atoms with Crippen LogP contribution in [0.25, 0.3) is 0 Å². The van der Waals surface area contributed by atoms with Crippen molar-refractivity contribution in [2.45, 2.75) is 57.7 Å². The summed E-state index contributed by atoms with van der Waals surface area (Å²) in [5, 5.41) is 19.4. The smallest absolute Gasteiger partial charge is 0.163 e. The van der Waals surface area contributed by atoms with E-state index in [1.165, 1.54) is 0 Å². The van der Waals surface area contributed by atoms with E-state index in [0.717, 1.165) is 25.9 Å². The first kappa shape index (κ1) is 18.1. The van der Waals surface area contributed by atoms with Gasteiger partial charge in [-0.3, -0.25) is 0 Å². The van der Waals surface area contributed by atoms with Gasteiger partial charge in [0.1, 0.15) is 0 Å². The Kier molecular flexibility index (Phi) is 7.05. The largest absolute Gasteiger partial charge is 0.396 e. The highest BCUT2D eigenvalue weighted by Gasteiger charge is 2.40. The van der Waals surface area contributed by atoms with Gasteiger partial charge in [-0.15, -0.1) is 0 Å². The molecule has 2 rings (SSSR count). The highest BCUT2D eigenvalue weighted by Crippen LogP contribution is 2.31. The third-order valence-electron chi connectivity index (χ3n) is 4.49. The normalized spacial score (nSPS) is 31.1. The first-order valence-electron chi connectivity index (χ1n) is 8.32. The summed E-state index contributed by atoms with van der Waals surface area (Å²) in [6.07, 6.45) is 3.52. The molecule has 2 heterocycles. The molecular formula is C16H30O6. The summed E-state index contributed by atoms with van der Waals surface area (Å²) in [7, 11) is 0. The van der Waals surface area contributed by atoms with Crippen LogP contribution in [-0.2, 0) is 18.9 Å². The van der Waals surface area contributed by atoms with Gasteiger partial charge in [-0.25, -0.2) is 0 Å². The maximum Gasteiger partial charge on any atom is 0.163 e. The fourth-order valence-electron chi connectivity index (χ4n) is 3.13. The Labute approximate surface area is 132 Å². The van der Waals surface area contributed by atoms with E-state index in [4.69, 9.17) is 18.9 Å². The van der Waals surface area contributed by atoms with Gasteiger partial charge in [0.25, 0.3) is 0 Å². The van der Waals surface area contributed by atoms with Crippen LogP contribution < -0.4 is 0 Å². The molecule has 0 radical (unpaired) electrons. The molecule has 2 aliphatic rings. The molecule has 4 unspecified atom stereocenters. The summed E-state index contributed by atoms with van der Waals surface area (Å²) in [5.41, 5.74) is 0. The predicted octanol–water partition coefficient (Wildman–Crippen LogP) is 1.29. The Balaban J connectivity index is 1.78. The van der Waals surface area contributed by atoms with Gasteiger partial charge in [0.15, 0.2) is 12.1 Å². The van der Waals surface area contributed by atoms with Gasteiger partial charge in [0.05, 0.1) is 19.3 Å². The monoisotopic (exact) mass is 318 g/mol. The molecule has 6 heteroatoms. The number of hydrogen-bond acceptors (Lipinski definition) is 6. The molecule has 22 heavy (non-hydrogen) atoms. The topological polar surface area (TPSA) is 77.4 Å². The summed E-state index contributed by atoms with van der Waals surface area (Å²) >= 11 is 0. The third kappa shape index (κ3) is 5.15. The van der Waals surface area contributed by atoms with E-state index >= 15 is 0 Å². The molecular weight excluding hydrogens is 288 g/mol. The maximum atomic E-state index is 9.69. The molecule has 2 aliphatic heterocycles. The van der Waals surface area contributed by atoms with Crippen molar-refractivity contribution in [1.29, 1.82) is 0 Å². The lowest BCUT2D eigenvalue weighted by molar-refractivity contribution is -0.168. The Morgan fingerprint density at radius 1 is 1.23 bits per heavy atom. The molecule has 130 valence electrons. The van der Waals surface area contributed by atoms with Crippen molar-refractivity contribution in [3.8, 4) is 0 Å². The fraction of sp³-hybridized carbons (Fsp3) is 1.00. The zero-order valence-corrected chi connectivity index (χ0v) is 13.7. The number of ether oxygens (including phenoxy) is 4. The molecule has 4 atom stereocenters. The van der Waals surface area contributed by atoms with Gasteiger partial charge in [-0.05, 0) is 45.4 Å². The summed E-state index contributed by atoms with van der Waals surface area (Å²) in [6, 6.07) is 0. The van der Waals surface area contributed by atoms with E-state index in [2.05, 4.69) is 0 Å². The van der Waals surface area contributed by atoms with Crippen LogP contribution in [0.15, 0.2) is 0 Å². The summed E-state index contributed by atoms with van der Waals surface area (Å²) in [5.74, 6) is -0.844. The Morgan fingerprint density at radius 3 is 2.59 bits per heavy atom. The second-order valence-electron chi connectivity index (χ2n) is 6.61. The Morgan fingerprint density at radius 2 is 2.05 bits per heavy atom. The zero-order valence-electron chi connectivity index (χ0n) is 13.7. The van der Waals surface area contributed by atoms with Gasteiger partial charge in [-0.1, -0.05) is 0 Å². The number of aliphatic hydroxyl groups is 2. The molecule has 0 bridgehead atoms. The molecule has 0 aromatic heterocycles. The molecule has 0 spiro atoms. The third-order valence-corrected chi connectivity index (χ3v) is 4.49. The van der Waals surface area contributed by atoms with Gasteiger partial charge < -0.3 is 29.2 Å². The highest BCUT2D eigenvalue weighted by molar-refractivity contribution is 4.82. The van der Waals surface area contributed by atoms with Crippen molar-refractivity contribution in [3.63, 3.8) is 0 Å². The van der Waals surface area contributed by atoms with Crippen molar-refractivity contribution in [3.05, 3.63) is 0 Å². The lowest BCUT2D eigenvalue weighted by Crippen LogP contribution is -2.36. The van der Waals surface area contributed by atoms with Crippen LogP contribution in [0.5, 0.6) is 0 Å². The van der Waals surface area contributed by atoms with Crippen LogP contribution in [-0.4, -0.2) is 61.4 Å². The second kappa shape index (κ2) is 8.57. The minimum absolute atomic E-state index is 0.000396. The van der Waals surface area contributed by atoms with E-state index in [1.807, 2.05) is 13.8 Å². The van der Waals surface area contributed by atoms with E-state index in [9.17, 15) is 10.2 Å². The molecule has 2 saturated heterocycles. The number of hydrogen-bond donors (Lipinski definition) is 2. The zero-order chi connectivity index (χ0) is 16.0. The molecule has 0 amide bonds. The van der Waals surface area contributed by atoms with Gasteiger partial charge in [-0.2, -0.15) is 0 Å². The van der Waals surface area contributed by atoms with Gasteiger partial charge >= 0.3 is 0 Å². The quantitative estimate of drug-likeness (QED) is 0.702. The van der Waals surface area contributed by atoms with Crippen molar-refractivity contribution >= 4 is 0 Å². The van der Waals surface area contributed by atoms with Gasteiger partial charge in [0, 0.05) is 25.7 Å². The SMILES string of the molecule is CC1(C)OCC(C(CO)C(CO)CCOC2CCCCO2)O1. The highest BCUT2D eigenvalue weighted by atomic mass is 16.7. The number of rotatable bonds is 8. The second-order valence-corrected chi connectivity index (χ2v) is 6.61. The average molecular weight is 318 g/mol. The lowest BCUT2D eigenvalue weighted by Gasteiger charge is -2.29. The average Bonchev–Trinajstić information content (AvgIpc) is 2.87. The first-order chi connectivity index (χ1) is 10.6. The van der Waals surface area contributed by atoms with E-state index < -0.39 is 5.79 Å². The summed E-state index contributed by atoms with van der Waals surface area (Å²) in [6.45, 7) is 5.41. The van der Waals surface area contributed by atoms with Crippen LogP contribution >= 0.6 is 0 Å². The minimum atomic E-state index is -0.621. The van der Waals surface area contributed by atoms with Crippen LogP contribution in [0.3, 0.4) is 0 Å². The fourth-order valence-corrected chi connectivity index (χ4v) is 3.13. The number of aliphatic hydroxyl groups excluding tert-OH is 2. The van der Waals surface area contributed by atoms with Gasteiger partial charge in [0.2, 0.25) is 0 Å². The van der Waals surface area contributed by atoms with Crippen molar-refractivity contribution in [2.24, 2.45) is 11.8 Å². The van der Waals surface area contributed by atoms with Crippen LogP contribution in [0.2, 0.25) is 0 Å². The minimum Gasteiger partial charge on any atom is -0.396 e. The molecule has 0 aliphatic carbocycles. The molecule has 0 aromatic rings. The van der Waals surface area contributed by atoms with Crippen LogP contribution in [0, 0.1) is 11.8 Å². The van der Waals surface area contributed by atoms with Crippen molar-refractivity contribution in [2.75, 3.05) is 33.0 Å². The van der Waals surface area contributed by atoms with Crippen molar-refractivity contribution in [1.82, 2.24) is 0 Å². The maximum absolute atomic E-state index is 9.69. The van der Waals surface area contributed by atoms with E-state index in [0.29, 0.717) is 19.6 Å². The molecule has 0 saturated carbocycles. The lowest BCUT2D eigenvalue weighted by atomic mass is 9.86. The van der Waals surface area contributed by atoms with Crippen LogP contribution in [0.4, 0.5) is 0 Å². The molecule has 0 aromatic carbocycles. The van der Waals surface area contributed by atoms with E-state index in [1.54, 1.807) is 0 Å². The molecule has 2 N–H and O–H groups in total. The Bertz CT molecular complexity index is 316. The Hall–Kier alpha value is -0.240. The molecule has 6 nitrogen and oxygen atoms in total. The predicted molar refractivity (Wildman–Crippen MR) is 80.2 cm³/mol. The summed E-state index contributed by atoms with van der Waals surface area (Å²) < 4.78 is 22.6. The van der Waals surface area contributed by atoms with Crippen molar-refractivity contribution < 1.29 is 29.2 Å². The van der Waals surface area contributed by atoms with E-state index in [-0.39, 0.29) is 37.4 Å². The molecule has 2 fully saturated rings. The summed E-state index contributed by atoms with van der Waals surface area (Å²) in [4.78, 5) is 0. The first-order valence-corrected chi connectivity index (χ1v) is 8.32. The van der Waals surface area contributed by atoms with Crippen LogP contribution in [0.1, 0.15) is 39.5 Å².